The van der Waals surface area contributed by atoms with Crippen molar-refractivity contribution in [1.82, 2.24) is 4.98 Å². The molecule has 0 atom stereocenters. The number of ether oxygens (including phenoxy) is 3. The standard InChI is InChI=1S/C22H21N3O5/c1-28-12-13-29-20-11-6-17(14-24-20)25-22(27)16-4-9-19(10-5-16)30-18-7-2-15(3-8-18)21(23)26/h2-11,14H,12-13H2,1H3,(H2,23,26)(H,25,27). The Hall–Kier alpha value is -3.91. The summed E-state index contributed by atoms with van der Waals surface area (Å²) in [5.41, 5.74) is 6.63. The van der Waals surface area contributed by atoms with E-state index in [0.29, 0.717) is 47.4 Å². The van der Waals surface area contributed by atoms with Gasteiger partial charge in [0.25, 0.3) is 5.91 Å². The third-order valence-corrected chi connectivity index (χ3v) is 4.02. The number of carbonyl (C=O) groups is 2. The van der Waals surface area contributed by atoms with Crippen LogP contribution in [0.4, 0.5) is 5.69 Å². The number of hydrogen-bond donors (Lipinski definition) is 2. The third-order valence-electron chi connectivity index (χ3n) is 4.02. The van der Waals surface area contributed by atoms with Crippen molar-refractivity contribution in [3.63, 3.8) is 0 Å². The summed E-state index contributed by atoms with van der Waals surface area (Å²) in [7, 11) is 1.59. The second-order valence-corrected chi connectivity index (χ2v) is 6.20. The van der Waals surface area contributed by atoms with E-state index in [-0.39, 0.29) is 5.91 Å². The van der Waals surface area contributed by atoms with Gasteiger partial charge in [-0.15, -0.1) is 0 Å². The van der Waals surface area contributed by atoms with Gasteiger partial charge in [0.2, 0.25) is 11.8 Å². The Balaban J connectivity index is 1.56. The van der Waals surface area contributed by atoms with E-state index in [0.717, 1.165) is 0 Å². The highest BCUT2D eigenvalue weighted by Gasteiger charge is 2.08. The number of primary amides is 1. The molecule has 0 unspecified atom stereocenters. The van der Waals surface area contributed by atoms with Gasteiger partial charge in [0.05, 0.1) is 18.5 Å². The molecule has 3 aromatic rings. The molecule has 0 saturated heterocycles. The molecule has 8 heteroatoms. The van der Waals surface area contributed by atoms with E-state index in [1.54, 1.807) is 67.8 Å². The van der Waals surface area contributed by atoms with Gasteiger partial charge in [-0.05, 0) is 54.6 Å². The fourth-order valence-corrected chi connectivity index (χ4v) is 2.47. The predicted octanol–water partition coefficient (Wildman–Crippen LogP) is 3.25. The minimum atomic E-state index is -0.500. The summed E-state index contributed by atoms with van der Waals surface area (Å²) in [4.78, 5) is 27.6. The lowest BCUT2D eigenvalue weighted by atomic mass is 10.2. The summed E-state index contributed by atoms with van der Waals surface area (Å²) < 4.78 is 16.0. The molecular weight excluding hydrogens is 386 g/mol. The van der Waals surface area contributed by atoms with Crippen molar-refractivity contribution < 1.29 is 23.8 Å². The molecule has 0 aliphatic heterocycles. The van der Waals surface area contributed by atoms with Gasteiger partial charge in [0.15, 0.2) is 0 Å². The summed E-state index contributed by atoms with van der Waals surface area (Å²) >= 11 is 0. The number of aromatic nitrogens is 1. The van der Waals surface area contributed by atoms with E-state index in [2.05, 4.69) is 10.3 Å². The number of carbonyl (C=O) groups excluding carboxylic acids is 2. The Kier molecular flexibility index (Phi) is 6.96. The molecule has 0 bridgehead atoms. The van der Waals surface area contributed by atoms with Gasteiger partial charge in [-0.3, -0.25) is 9.59 Å². The average Bonchev–Trinajstić information content (AvgIpc) is 2.76. The fourth-order valence-electron chi connectivity index (χ4n) is 2.47. The van der Waals surface area contributed by atoms with Crippen LogP contribution in [-0.2, 0) is 4.74 Å². The Morgan fingerprint density at radius 3 is 2.07 bits per heavy atom. The number of rotatable bonds is 9. The zero-order chi connectivity index (χ0) is 21.3. The van der Waals surface area contributed by atoms with Crippen LogP contribution in [-0.4, -0.2) is 37.1 Å². The van der Waals surface area contributed by atoms with Crippen LogP contribution in [0.15, 0.2) is 66.9 Å². The van der Waals surface area contributed by atoms with Gasteiger partial charge in [0.1, 0.15) is 18.1 Å². The maximum Gasteiger partial charge on any atom is 0.255 e. The van der Waals surface area contributed by atoms with Crippen LogP contribution in [0.25, 0.3) is 0 Å². The van der Waals surface area contributed by atoms with Gasteiger partial charge >= 0.3 is 0 Å². The second-order valence-electron chi connectivity index (χ2n) is 6.20. The Morgan fingerprint density at radius 1 is 0.900 bits per heavy atom. The van der Waals surface area contributed by atoms with E-state index in [9.17, 15) is 9.59 Å². The lowest BCUT2D eigenvalue weighted by Gasteiger charge is -2.09. The summed E-state index contributed by atoms with van der Waals surface area (Å²) in [5.74, 6) is 0.784. The molecular formula is C22H21N3O5. The number of nitrogens with two attached hydrogens (primary N) is 1. The molecule has 2 aromatic carbocycles. The smallest absolute Gasteiger partial charge is 0.255 e. The normalized spacial score (nSPS) is 10.3. The van der Waals surface area contributed by atoms with Crippen molar-refractivity contribution in [1.29, 1.82) is 0 Å². The molecule has 0 spiro atoms. The quantitative estimate of drug-likeness (QED) is 0.527. The molecule has 154 valence electrons. The van der Waals surface area contributed by atoms with Crippen molar-refractivity contribution in [3.05, 3.63) is 78.0 Å². The predicted molar refractivity (Wildman–Crippen MR) is 111 cm³/mol. The molecule has 30 heavy (non-hydrogen) atoms. The van der Waals surface area contributed by atoms with Crippen LogP contribution >= 0.6 is 0 Å². The molecule has 0 saturated carbocycles. The number of pyridine rings is 1. The van der Waals surface area contributed by atoms with E-state index >= 15 is 0 Å². The van der Waals surface area contributed by atoms with Crippen molar-refractivity contribution in [3.8, 4) is 17.4 Å². The topological polar surface area (TPSA) is 113 Å². The van der Waals surface area contributed by atoms with Crippen LogP contribution in [0.3, 0.4) is 0 Å². The third kappa shape index (κ3) is 5.79. The van der Waals surface area contributed by atoms with Gasteiger partial charge < -0.3 is 25.3 Å². The molecule has 0 fully saturated rings. The maximum atomic E-state index is 12.4. The fraction of sp³-hybridized carbons (Fsp3) is 0.136. The Bertz CT molecular complexity index is 987. The average molecular weight is 407 g/mol. The molecule has 1 aromatic heterocycles. The first-order chi connectivity index (χ1) is 14.5. The molecule has 0 radical (unpaired) electrons. The maximum absolute atomic E-state index is 12.4. The SMILES string of the molecule is COCCOc1ccc(NC(=O)c2ccc(Oc3ccc(C(N)=O)cc3)cc2)cn1. The van der Waals surface area contributed by atoms with Crippen LogP contribution in [0.1, 0.15) is 20.7 Å². The molecule has 3 N–H and O–H groups in total. The second kappa shape index (κ2) is 10.0. The van der Waals surface area contributed by atoms with Gasteiger partial charge in [-0.1, -0.05) is 0 Å². The minimum Gasteiger partial charge on any atom is -0.475 e. The molecule has 0 aliphatic rings. The monoisotopic (exact) mass is 407 g/mol. The lowest BCUT2D eigenvalue weighted by Crippen LogP contribution is -2.12. The van der Waals surface area contributed by atoms with Gasteiger partial charge in [-0.2, -0.15) is 0 Å². The molecule has 0 aliphatic carbocycles. The van der Waals surface area contributed by atoms with Crippen LogP contribution in [0.5, 0.6) is 17.4 Å². The molecule has 2 amide bonds. The van der Waals surface area contributed by atoms with Gasteiger partial charge in [0, 0.05) is 24.3 Å². The minimum absolute atomic E-state index is 0.276. The summed E-state index contributed by atoms with van der Waals surface area (Å²) in [6.07, 6.45) is 1.52. The number of benzene rings is 2. The molecule has 1 heterocycles. The van der Waals surface area contributed by atoms with E-state index < -0.39 is 5.91 Å². The van der Waals surface area contributed by atoms with Crippen LogP contribution < -0.4 is 20.5 Å². The van der Waals surface area contributed by atoms with Crippen molar-refractivity contribution in [2.24, 2.45) is 5.73 Å². The number of methoxy groups -OCH3 is 1. The van der Waals surface area contributed by atoms with Crippen molar-refractivity contribution >= 4 is 17.5 Å². The Morgan fingerprint density at radius 2 is 1.53 bits per heavy atom. The number of nitrogens with zero attached hydrogens (tertiary/aromatic N) is 1. The van der Waals surface area contributed by atoms with E-state index in [1.165, 1.54) is 6.20 Å². The lowest BCUT2D eigenvalue weighted by molar-refractivity contribution is 0.0997. The first kappa shape index (κ1) is 20.8. The molecule has 3 rings (SSSR count). The van der Waals surface area contributed by atoms with E-state index in [4.69, 9.17) is 19.9 Å². The number of amides is 2. The summed E-state index contributed by atoms with van der Waals surface area (Å²) in [5, 5.41) is 2.77. The largest absolute Gasteiger partial charge is 0.475 e. The zero-order valence-corrected chi connectivity index (χ0v) is 16.3. The first-order valence-electron chi connectivity index (χ1n) is 9.12. The van der Waals surface area contributed by atoms with Crippen LogP contribution in [0, 0.1) is 0 Å². The highest BCUT2D eigenvalue weighted by molar-refractivity contribution is 6.04. The van der Waals surface area contributed by atoms with E-state index in [1.807, 2.05) is 0 Å². The highest BCUT2D eigenvalue weighted by Crippen LogP contribution is 2.22. The van der Waals surface area contributed by atoms with Crippen molar-refractivity contribution in [2.75, 3.05) is 25.6 Å². The highest BCUT2D eigenvalue weighted by atomic mass is 16.5. The van der Waals surface area contributed by atoms with Gasteiger partial charge in [-0.25, -0.2) is 4.98 Å². The van der Waals surface area contributed by atoms with Crippen molar-refractivity contribution in [2.45, 2.75) is 0 Å². The number of nitrogens with one attached hydrogen (secondary N) is 1. The summed E-state index contributed by atoms with van der Waals surface area (Å²) in [6, 6.07) is 16.5. The molecule has 8 nitrogen and oxygen atoms in total. The number of hydrogen-bond acceptors (Lipinski definition) is 6. The van der Waals surface area contributed by atoms with Crippen LogP contribution in [0.2, 0.25) is 0 Å². The zero-order valence-electron chi connectivity index (χ0n) is 16.3. The summed E-state index contributed by atoms with van der Waals surface area (Å²) in [6.45, 7) is 0.872. The number of anilines is 1. The Labute approximate surface area is 173 Å². The first-order valence-corrected chi connectivity index (χ1v) is 9.12.